The molecule has 1 aromatic carbocycles. The first-order chi connectivity index (χ1) is 9.04. The lowest BCUT2D eigenvalue weighted by Gasteiger charge is -2.04. The van der Waals surface area contributed by atoms with E-state index in [1.165, 1.54) is 0 Å². The predicted octanol–water partition coefficient (Wildman–Crippen LogP) is 1.99. The molecule has 2 N–H and O–H groups in total. The lowest BCUT2D eigenvalue weighted by molar-refractivity contribution is 0.0651. The van der Waals surface area contributed by atoms with Crippen LogP contribution in [0.25, 0.3) is 0 Å². The van der Waals surface area contributed by atoms with Crippen LogP contribution in [0.3, 0.4) is 0 Å². The van der Waals surface area contributed by atoms with E-state index in [0.717, 1.165) is 12.1 Å². The van der Waals surface area contributed by atoms with Crippen LogP contribution in [0.15, 0.2) is 18.2 Å². The van der Waals surface area contributed by atoms with Crippen LogP contribution < -0.4 is 0 Å². The molecule has 0 aliphatic carbocycles. The van der Waals surface area contributed by atoms with Crippen molar-refractivity contribution in [2.45, 2.75) is 12.7 Å². The van der Waals surface area contributed by atoms with Gasteiger partial charge in [-0.3, -0.25) is 4.39 Å². The van der Waals surface area contributed by atoms with E-state index in [2.05, 4.69) is 0 Å². The van der Waals surface area contributed by atoms with Gasteiger partial charge in [0.25, 0.3) is 0 Å². The Labute approximate surface area is 97.0 Å². The summed E-state index contributed by atoms with van der Waals surface area (Å²) in [6.07, 6.45) is -5.67. The van der Waals surface area contributed by atoms with Crippen molar-refractivity contribution in [3.63, 3.8) is 0 Å². The maximum Gasteiger partial charge on any atom is 0.336 e. The number of carbonyl (C=O) groups is 2. The van der Waals surface area contributed by atoms with E-state index in [1.54, 1.807) is 0 Å². The molecule has 1 rings (SSSR count). The highest BCUT2D eigenvalue weighted by molar-refractivity contribution is 6.01. The van der Waals surface area contributed by atoms with Crippen LogP contribution in [0.4, 0.5) is 4.39 Å². The third-order valence-corrected chi connectivity index (χ3v) is 1.78. The lowest BCUT2D eigenvalue weighted by Crippen LogP contribution is -2.08. The van der Waals surface area contributed by atoms with E-state index in [-0.39, 0.29) is 0 Å². The second-order valence-electron chi connectivity index (χ2n) is 2.81. The second-order valence-corrected chi connectivity index (χ2v) is 2.81. The standard InChI is InChI=1S/C11H11FO4/c12-5-1-2-7-3-4-8(10(13)14)9(6-7)11(15)16/h3-4,6H,1-2,5H2,(H,13,14)(H,15,16)/i1T2,2T2. The Hall–Kier alpha value is -1.91. The van der Waals surface area contributed by atoms with Crippen molar-refractivity contribution < 1.29 is 29.7 Å². The Morgan fingerprint density at radius 1 is 1.25 bits per heavy atom. The van der Waals surface area contributed by atoms with Gasteiger partial charge in [0.15, 0.2) is 0 Å². The van der Waals surface area contributed by atoms with Gasteiger partial charge in [-0.05, 0) is 30.4 Å². The summed E-state index contributed by atoms with van der Waals surface area (Å²) in [6.45, 7) is -1.61. The highest BCUT2D eigenvalue weighted by atomic mass is 19.1. The predicted molar refractivity (Wildman–Crippen MR) is 54.7 cm³/mol. The van der Waals surface area contributed by atoms with Crippen LogP contribution in [0.2, 0.25) is 0 Å². The highest BCUT2D eigenvalue weighted by Crippen LogP contribution is 2.14. The zero-order chi connectivity index (χ0) is 15.7. The van der Waals surface area contributed by atoms with Gasteiger partial charge in [-0.2, -0.15) is 0 Å². The van der Waals surface area contributed by atoms with Crippen LogP contribution in [0.1, 0.15) is 38.1 Å². The van der Waals surface area contributed by atoms with Crippen LogP contribution in [-0.4, -0.2) is 28.8 Å². The number of carboxylic acid groups (broad SMARTS) is 2. The fraction of sp³-hybridized carbons (Fsp3) is 0.273. The number of alkyl halides is 1. The summed E-state index contributed by atoms with van der Waals surface area (Å²) in [7, 11) is 0. The molecule has 1 aromatic rings. The Bertz CT molecular complexity index is 559. The maximum atomic E-state index is 12.6. The fourth-order valence-corrected chi connectivity index (χ4v) is 1.12. The Morgan fingerprint density at radius 3 is 2.38 bits per heavy atom. The molecule has 86 valence electrons. The molecule has 0 radical (unpaired) electrons. The summed E-state index contributed by atoms with van der Waals surface area (Å²) in [4.78, 5) is 21.8. The van der Waals surface area contributed by atoms with Crippen molar-refractivity contribution in [1.82, 2.24) is 0 Å². The van der Waals surface area contributed by atoms with Gasteiger partial charge in [0.05, 0.1) is 17.8 Å². The van der Waals surface area contributed by atoms with E-state index in [0.29, 0.717) is 6.07 Å². The van der Waals surface area contributed by atoms with E-state index in [9.17, 15) is 14.0 Å². The quantitative estimate of drug-likeness (QED) is 0.816. The number of halogens is 1. The molecular formula is C11H11FO4. The molecule has 0 aromatic heterocycles. The summed E-state index contributed by atoms with van der Waals surface area (Å²) in [6, 6.07) is 2.50. The first-order valence-corrected chi connectivity index (χ1v) is 4.21. The molecule has 0 saturated carbocycles. The molecule has 16 heavy (non-hydrogen) atoms. The number of carboxylic acids is 2. The van der Waals surface area contributed by atoms with Crippen molar-refractivity contribution in [3.8, 4) is 0 Å². The third-order valence-electron chi connectivity index (χ3n) is 1.78. The van der Waals surface area contributed by atoms with E-state index in [1.807, 2.05) is 0 Å². The van der Waals surface area contributed by atoms with Gasteiger partial charge < -0.3 is 10.2 Å². The molecule has 0 fully saturated rings. The summed E-state index contributed by atoms with van der Waals surface area (Å²) in [5.41, 5.74) is -1.69. The second kappa shape index (κ2) is 5.25. The smallest absolute Gasteiger partial charge is 0.336 e. The number of rotatable bonds is 5. The molecule has 0 heterocycles. The molecule has 0 atom stereocenters. The van der Waals surface area contributed by atoms with E-state index in [4.69, 9.17) is 15.7 Å². The van der Waals surface area contributed by atoms with Crippen molar-refractivity contribution in [1.29, 1.82) is 0 Å². The van der Waals surface area contributed by atoms with Crippen molar-refractivity contribution in [2.75, 3.05) is 6.67 Å². The first-order valence-electron chi connectivity index (χ1n) is 6.21. The molecule has 0 amide bonds. The van der Waals surface area contributed by atoms with Gasteiger partial charge in [0, 0.05) is 5.48 Å². The van der Waals surface area contributed by atoms with Crippen molar-refractivity contribution in [3.05, 3.63) is 34.9 Å². The van der Waals surface area contributed by atoms with Gasteiger partial charge in [-0.15, -0.1) is 0 Å². The zero-order valence-corrected chi connectivity index (χ0v) is 8.03. The molecule has 4 nitrogen and oxygen atoms in total. The first kappa shape index (κ1) is 7.38. The average molecular weight is 234 g/mol. The number of benzene rings is 1. The number of hydrogen-bond donors (Lipinski definition) is 2. The van der Waals surface area contributed by atoms with Gasteiger partial charge in [-0.1, -0.05) is 6.07 Å². The minimum absolute atomic E-state index is 0.442. The normalized spacial score (nSPS) is 15.6. The van der Waals surface area contributed by atoms with Crippen LogP contribution in [0.5, 0.6) is 0 Å². The van der Waals surface area contributed by atoms with Crippen LogP contribution in [0, 0.1) is 0 Å². The van der Waals surface area contributed by atoms with Gasteiger partial charge in [-0.25, -0.2) is 9.59 Å². The average Bonchev–Trinajstić information content (AvgIpc) is 2.37. The molecule has 0 aliphatic rings. The molecular weight excluding hydrogens is 215 g/mol. The highest BCUT2D eigenvalue weighted by Gasteiger charge is 2.15. The SMILES string of the molecule is [3H]C([3H])(CF)C([3H])([3H])c1ccc(C(=O)O)c(C(=O)O)c1. The number of aryl methyl sites for hydroxylation is 1. The molecule has 0 spiro atoms. The fourth-order valence-electron chi connectivity index (χ4n) is 1.12. The topological polar surface area (TPSA) is 74.6 Å². The molecule has 5 heteroatoms. The van der Waals surface area contributed by atoms with Gasteiger partial charge in [0.2, 0.25) is 0 Å². The minimum Gasteiger partial charge on any atom is -0.478 e. The number of hydrogen-bond acceptors (Lipinski definition) is 2. The summed E-state index contributed by atoms with van der Waals surface area (Å²) >= 11 is 0. The van der Waals surface area contributed by atoms with E-state index < -0.39 is 48.0 Å². The van der Waals surface area contributed by atoms with Crippen LogP contribution >= 0.6 is 0 Å². The molecule has 0 unspecified atom stereocenters. The van der Waals surface area contributed by atoms with Crippen molar-refractivity contribution >= 4 is 11.9 Å². The van der Waals surface area contributed by atoms with Gasteiger partial charge in [0.1, 0.15) is 0 Å². The monoisotopic (exact) mass is 234 g/mol. The Morgan fingerprint density at radius 2 is 1.88 bits per heavy atom. The molecule has 0 aliphatic heterocycles. The number of aromatic carboxylic acids is 2. The zero-order valence-electron chi connectivity index (χ0n) is 12.0. The maximum absolute atomic E-state index is 12.6. The van der Waals surface area contributed by atoms with Crippen molar-refractivity contribution in [2.24, 2.45) is 0 Å². The Kier molecular flexibility index (Phi) is 2.42. The largest absolute Gasteiger partial charge is 0.478 e. The van der Waals surface area contributed by atoms with Crippen LogP contribution in [-0.2, 0) is 6.37 Å². The molecule has 0 bridgehead atoms. The summed E-state index contributed by atoms with van der Waals surface area (Å²) in [5, 5.41) is 17.7. The van der Waals surface area contributed by atoms with Gasteiger partial charge >= 0.3 is 11.9 Å². The minimum atomic E-state index is -2.87. The van der Waals surface area contributed by atoms with E-state index >= 15 is 0 Å². The summed E-state index contributed by atoms with van der Waals surface area (Å²) in [5.74, 6) is -3.11. The Balaban J connectivity index is 3.46. The summed E-state index contributed by atoms with van der Waals surface area (Å²) < 4.78 is 42.4. The molecule has 0 saturated heterocycles. The third kappa shape index (κ3) is 2.79. The lowest BCUT2D eigenvalue weighted by atomic mass is 10.0.